The third-order valence-corrected chi connectivity index (χ3v) is 7.42. The van der Waals surface area contributed by atoms with E-state index in [2.05, 4.69) is 41.5 Å². The number of carboxylic acid groups (broad SMARTS) is 1. The highest BCUT2D eigenvalue weighted by molar-refractivity contribution is 6.30. The van der Waals surface area contributed by atoms with Crippen molar-refractivity contribution in [2.24, 2.45) is 0 Å². The van der Waals surface area contributed by atoms with Crippen molar-refractivity contribution in [2.75, 3.05) is 20.3 Å². The number of rotatable bonds is 11. The molecule has 3 aromatic carbocycles. The molecule has 0 aromatic heterocycles. The van der Waals surface area contributed by atoms with Crippen LogP contribution in [0.1, 0.15) is 41.6 Å². The van der Waals surface area contributed by atoms with Gasteiger partial charge in [0.1, 0.15) is 6.04 Å². The van der Waals surface area contributed by atoms with Gasteiger partial charge in [-0.1, -0.05) is 83.9 Å². The molecule has 4 rings (SSSR count). The molecule has 0 saturated carbocycles. The number of benzene rings is 3. The van der Waals surface area contributed by atoms with Crippen molar-refractivity contribution >= 4 is 35.1 Å². The Morgan fingerprint density at radius 3 is 2.44 bits per heavy atom. The quantitative estimate of drug-likeness (QED) is 0.211. The molecule has 0 fully saturated rings. The van der Waals surface area contributed by atoms with Crippen LogP contribution in [0.4, 0.5) is 0 Å². The van der Waals surface area contributed by atoms with Gasteiger partial charge in [-0.05, 0) is 60.0 Å². The number of halogens is 2. The van der Waals surface area contributed by atoms with E-state index in [9.17, 15) is 14.7 Å². The number of amides is 1. The first kappa shape index (κ1) is 28.8. The molecule has 204 valence electrons. The van der Waals surface area contributed by atoms with Gasteiger partial charge in [-0.15, -0.1) is 0 Å². The Kier molecular flexibility index (Phi) is 10.2. The second-order valence-electron chi connectivity index (χ2n) is 9.66. The number of hydrogen-bond donors (Lipinski definition) is 2. The second kappa shape index (κ2) is 13.8. The summed E-state index contributed by atoms with van der Waals surface area (Å²) in [5.41, 5.74) is 4.16. The predicted molar refractivity (Wildman–Crippen MR) is 154 cm³/mol. The van der Waals surface area contributed by atoms with E-state index in [4.69, 9.17) is 27.9 Å². The maximum Gasteiger partial charge on any atom is 0.326 e. The van der Waals surface area contributed by atoms with Crippen molar-refractivity contribution in [3.8, 4) is 0 Å². The van der Waals surface area contributed by atoms with Gasteiger partial charge >= 0.3 is 5.97 Å². The Morgan fingerprint density at radius 2 is 1.74 bits per heavy atom. The largest absolute Gasteiger partial charge is 0.480 e. The minimum Gasteiger partial charge on any atom is -0.480 e. The summed E-state index contributed by atoms with van der Waals surface area (Å²) in [6.07, 6.45) is 3.29. The van der Waals surface area contributed by atoms with Crippen LogP contribution < -0.4 is 5.32 Å². The van der Waals surface area contributed by atoms with Gasteiger partial charge in [-0.2, -0.15) is 0 Å². The van der Waals surface area contributed by atoms with Crippen molar-refractivity contribution in [3.63, 3.8) is 0 Å². The van der Waals surface area contributed by atoms with Crippen LogP contribution in [-0.2, 0) is 20.7 Å². The smallest absolute Gasteiger partial charge is 0.326 e. The first-order chi connectivity index (χ1) is 18.8. The number of carboxylic acids is 1. The molecule has 39 heavy (non-hydrogen) atoms. The van der Waals surface area contributed by atoms with Gasteiger partial charge in [0.15, 0.2) is 0 Å². The molecular weight excluding hydrogens is 535 g/mol. The highest BCUT2D eigenvalue weighted by Crippen LogP contribution is 2.41. The van der Waals surface area contributed by atoms with Crippen molar-refractivity contribution in [1.29, 1.82) is 0 Å². The predicted octanol–water partition coefficient (Wildman–Crippen LogP) is 6.26. The topological polar surface area (TPSA) is 78.9 Å². The van der Waals surface area contributed by atoms with E-state index >= 15 is 0 Å². The zero-order chi connectivity index (χ0) is 27.8. The molecule has 2 N–H and O–H groups in total. The average Bonchev–Trinajstić information content (AvgIpc) is 2.92. The zero-order valence-electron chi connectivity index (χ0n) is 21.7. The van der Waals surface area contributed by atoms with Crippen molar-refractivity contribution < 1.29 is 19.4 Å². The monoisotopic (exact) mass is 566 g/mol. The second-order valence-corrected chi connectivity index (χ2v) is 10.5. The fraction of sp³-hybridized carbons (Fsp3) is 0.290. The minimum atomic E-state index is -1.07. The zero-order valence-corrected chi connectivity index (χ0v) is 23.2. The molecule has 1 aliphatic heterocycles. The lowest BCUT2D eigenvalue weighted by Crippen LogP contribution is -2.42. The fourth-order valence-corrected chi connectivity index (χ4v) is 5.30. The normalized spacial score (nSPS) is 18.3. The van der Waals surface area contributed by atoms with Gasteiger partial charge in [0, 0.05) is 28.9 Å². The number of nitrogens with zero attached hydrogens (tertiary/aromatic N) is 1. The summed E-state index contributed by atoms with van der Waals surface area (Å²) >= 11 is 12.4. The van der Waals surface area contributed by atoms with Crippen LogP contribution in [0.5, 0.6) is 0 Å². The number of ether oxygens (including phenoxy) is 1. The van der Waals surface area contributed by atoms with E-state index in [1.807, 2.05) is 60.7 Å². The lowest BCUT2D eigenvalue weighted by Gasteiger charge is -2.40. The molecule has 1 amide bonds. The van der Waals surface area contributed by atoms with Crippen molar-refractivity contribution in [3.05, 3.63) is 117 Å². The van der Waals surface area contributed by atoms with Gasteiger partial charge in [0.25, 0.3) is 0 Å². The summed E-state index contributed by atoms with van der Waals surface area (Å²) in [6, 6.07) is 24.0. The number of aliphatic carboxylic acids is 1. The minimum absolute atomic E-state index is 0.0609. The summed E-state index contributed by atoms with van der Waals surface area (Å²) in [6.45, 7) is 0.516. The molecule has 0 bridgehead atoms. The van der Waals surface area contributed by atoms with Gasteiger partial charge < -0.3 is 15.2 Å². The van der Waals surface area contributed by atoms with Crippen LogP contribution in [0.25, 0.3) is 0 Å². The number of hydrogen-bond acceptors (Lipinski definition) is 4. The molecule has 1 heterocycles. The standard InChI is InChI=1S/C31H32Cl2N2O4/c1-35-28(22-10-13-25(32)14-11-22)15-12-24(30(35)23-8-5-9-26(33)19-23)20-39-17-16-29(36)34-27(31(37)38)18-21-6-3-2-4-7-21/h2-14,19,27-28,30H,15-18,20H2,1H3,(H,34,36)(H,37,38)/t27-,28?,30?/m0/s1. The first-order valence-corrected chi connectivity index (χ1v) is 13.6. The van der Waals surface area contributed by atoms with Gasteiger partial charge in [0.05, 0.1) is 19.3 Å². The first-order valence-electron chi connectivity index (χ1n) is 12.9. The third kappa shape index (κ3) is 7.93. The third-order valence-electron chi connectivity index (χ3n) is 6.93. The van der Waals surface area contributed by atoms with Crippen LogP contribution in [0, 0.1) is 0 Å². The van der Waals surface area contributed by atoms with E-state index < -0.39 is 12.0 Å². The molecule has 0 spiro atoms. The van der Waals surface area contributed by atoms with Crippen LogP contribution in [0.2, 0.25) is 10.0 Å². The number of nitrogens with one attached hydrogen (secondary N) is 1. The molecule has 1 aliphatic rings. The number of carbonyl (C=O) groups excluding carboxylic acids is 1. The molecule has 0 radical (unpaired) electrons. The van der Waals surface area contributed by atoms with Crippen LogP contribution >= 0.6 is 23.2 Å². The lowest BCUT2D eigenvalue weighted by atomic mass is 9.88. The maximum absolute atomic E-state index is 12.5. The lowest BCUT2D eigenvalue weighted by molar-refractivity contribution is -0.141. The Bertz CT molecular complexity index is 1300. The van der Waals surface area contributed by atoms with E-state index in [1.165, 1.54) is 5.56 Å². The van der Waals surface area contributed by atoms with E-state index in [-0.39, 0.29) is 37.4 Å². The molecule has 0 saturated heterocycles. The molecule has 3 aromatic rings. The molecule has 0 aliphatic carbocycles. The van der Waals surface area contributed by atoms with E-state index in [0.717, 1.165) is 23.1 Å². The molecule has 3 atom stereocenters. The van der Waals surface area contributed by atoms with Crippen molar-refractivity contribution in [1.82, 2.24) is 10.2 Å². The maximum atomic E-state index is 12.5. The number of carbonyl (C=O) groups is 2. The summed E-state index contributed by atoms with van der Waals surface area (Å²) in [7, 11) is 2.09. The van der Waals surface area contributed by atoms with Crippen LogP contribution in [0.3, 0.4) is 0 Å². The number of likely N-dealkylation sites (N-methyl/N-ethyl adjacent to an activating group) is 1. The Labute approximate surface area is 239 Å². The van der Waals surface area contributed by atoms with Crippen molar-refractivity contribution in [2.45, 2.75) is 37.4 Å². The van der Waals surface area contributed by atoms with E-state index in [0.29, 0.717) is 16.7 Å². The van der Waals surface area contributed by atoms with Gasteiger partial charge in [-0.25, -0.2) is 4.79 Å². The SMILES string of the molecule is CN1C(c2ccc(Cl)cc2)CC=C(COCCC(=O)N[C@@H](Cc2ccccc2)C(=O)O)C1c1cccc(Cl)c1. The molecule has 6 nitrogen and oxygen atoms in total. The molecular formula is C31H32Cl2N2O4. The Morgan fingerprint density at radius 1 is 1.00 bits per heavy atom. The summed E-state index contributed by atoms with van der Waals surface area (Å²) in [4.78, 5) is 26.5. The Balaban J connectivity index is 1.38. The van der Waals surface area contributed by atoms with Gasteiger partial charge in [0.2, 0.25) is 5.91 Å². The van der Waals surface area contributed by atoms with Crippen LogP contribution in [0.15, 0.2) is 90.5 Å². The van der Waals surface area contributed by atoms with E-state index in [1.54, 1.807) is 0 Å². The molecule has 2 unspecified atom stereocenters. The summed E-state index contributed by atoms with van der Waals surface area (Å²) in [5.74, 6) is -1.43. The van der Waals surface area contributed by atoms with Gasteiger partial charge in [-0.3, -0.25) is 9.69 Å². The fourth-order valence-electron chi connectivity index (χ4n) is 4.97. The summed E-state index contributed by atoms with van der Waals surface area (Å²) < 4.78 is 5.94. The highest BCUT2D eigenvalue weighted by atomic mass is 35.5. The summed E-state index contributed by atoms with van der Waals surface area (Å²) in [5, 5.41) is 13.5. The highest BCUT2D eigenvalue weighted by Gasteiger charge is 2.32. The van der Waals surface area contributed by atoms with Crippen LogP contribution in [-0.4, -0.2) is 48.2 Å². The molecule has 8 heteroatoms. The average molecular weight is 568 g/mol. The Hall–Kier alpha value is -3.16.